The molecule has 0 unspecified atom stereocenters. The second-order valence-electron chi connectivity index (χ2n) is 6.85. The van der Waals surface area contributed by atoms with E-state index in [0.29, 0.717) is 0 Å². The lowest BCUT2D eigenvalue weighted by atomic mass is 9.84. The molecule has 3 rings (SSSR count). The standard InChI is InChI=1S/C19H28BN3OS/c1-20(24)23(10-9-18-7-5-15-25-18)16-17-6-3-4-8-19(17)22-13-11-21(2)12-14-22/h3-8,15,24H,9-14,16H2,1-2H3. The molecule has 0 bridgehead atoms. The smallest absolute Gasteiger partial charge is 0.376 e. The second-order valence-corrected chi connectivity index (χ2v) is 7.88. The van der Waals surface area contributed by atoms with Crippen LogP contribution in [0.5, 0.6) is 0 Å². The Kier molecular flexibility index (Phi) is 6.54. The highest BCUT2D eigenvalue weighted by Crippen LogP contribution is 2.23. The van der Waals surface area contributed by atoms with Gasteiger partial charge in [-0.2, -0.15) is 0 Å². The lowest BCUT2D eigenvalue weighted by molar-refractivity contribution is 0.312. The summed E-state index contributed by atoms with van der Waals surface area (Å²) in [5.74, 6) is 0. The Morgan fingerprint density at radius 1 is 1.12 bits per heavy atom. The molecule has 0 radical (unpaired) electrons. The van der Waals surface area contributed by atoms with Crippen molar-refractivity contribution in [2.24, 2.45) is 0 Å². The van der Waals surface area contributed by atoms with Crippen LogP contribution in [0.3, 0.4) is 0 Å². The summed E-state index contributed by atoms with van der Waals surface area (Å²) in [6.45, 7) is 7.86. The normalized spacial score (nSPS) is 15.8. The SMILES string of the molecule is CB(O)N(CCc1cccs1)Cc1ccccc1N1CCN(C)CC1. The largest absolute Gasteiger partial charge is 0.437 e. The van der Waals surface area contributed by atoms with Crippen molar-refractivity contribution >= 4 is 24.1 Å². The van der Waals surface area contributed by atoms with Gasteiger partial charge in [-0.15, -0.1) is 11.3 Å². The fraction of sp³-hybridized carbons (Fsp3) is 0.474. The van der Waals surface area contributed by atoms with E-state index in [1.165, 1.54) is 16.1 Å². The van der Waals surface area contributed by atoms with Gasteiger partial charge in [-0.05, 0) is 49.9 Å². The first-order valence-electron chi connectivity index (χ1n) is 9.09. The number of rotatable bonds is 7. The van der Waals surface area contributed by atoms with E-state index in [1.807, 2.05) is 6.82 Å². The zero-order chi connectivity index (χ0) is 17.6. The summed E-state index contributed by atoms with van der Waals surface area (Å²) in [7, 11) is 1.74. The monoisotopic (exact) mass is 357 g/mol. The first-order valence-corrected chi connectivity index (χ1v) is 9.97. The highest BCUT2D eigenvalue weighted by molar-refractivity contribution is 7.09. The first kappa shape index (κ1) is 18.5. The third-order valence-electron chi connectivity index (χ3n) is 4.96. The average Bonchev–Trinajstić information content (AvgIpc) is 3.13. The minimum absolute atomic E-state index is 0.444. The molecule has 25 heavy (non-hydrogen) atoms. The summed E-state index contributed by atoms with van der Waals surface area (Å²) >= 11 is 1.79. The van der Waals surface area contributed by atoms with Gasteiger partial charge >= 0.3 is 7.05 Å². The molecule has 2 aromatic rings. The number of hydrogen-bond acceptors (Lipinski definition) is 5. The zero-order valence-corrected chi connectivity index (χ0v) is 16.1. The van der Waals surface area contributed by atoms with Crippen LogP contribution in [-0.2, 0) is 13.0 Å². The van der Waals surface area contributed by atoms with Crippen molar-refractivity contribution in [3.8, 4) is 0 Å². The molecule has 4 nitrogen and oxygen atoms in total. The van der Waals surface area contributed by atoms with Gasteiger partial charge in [-0.1, -0.05) is 24.3 Å². The molecule has 1 fully saturated rings. The third-order valence-corrected chi connectivity index (χ3v) is 5.90. The van der Waals surface area contributed by atoms with E-state index in [9.17, 15) is 5.02 Å². The highest BCUT2D eigenvalue weighted by atomic mass is 32.1. The average molecular weight is 357 g/mol. The predicted molar refractivity (Wildman–Crippen MR) is 108 cm³/mol. The summed E-state index contributed by atoms with van der Waals surface area (Å²) in [6.07, 6.45) is 0.985. The van der Waals surface area contributed by atoms with Crippen LogP contribution in [0.1, 0.15) is 10.4 Å². The molecule has 1 aliphatic rings. The summed E-state index contributed by atoms with van der Waals surface area (Å²) in [4.78, 5) is 8.39. The van der Waals surface area contributed by atoms with Crippen LogP contribution in [0.2, 0.25) is 6.82 Å². The molecule has 0 aliphatic carbocycles. The van der Waals surface area contributed by atoms with Crippen molar-refractivity contribution in [3.05, 3.63) is 52.2 Å². The second kappa shape index (κ2) is 8.85. The Morgan fingerprint density at radius 2 is 1.88 bits per heavy atom. The van der Waals surface area contributed by atoms with Crippen molar-refractivity contribution in [1.29, 1.82) is 0 Å². The number of benzene rings is 1. The lowest BCUT2D eigenvalue weighted by Crippen LogP contribution is -2.45. The molecular weight excluding hydrogens is 329 g/mol. The van der Waals surface area contributed by atoms with E-state index in [1.54, 1.807) is 11.3 Å². The maximum absolute atomic E-state index is 10.2. The number of piperazine rings is 1. The Labute approximate surface area is 155 Å². The van der Waals surface area contributed by atoms with Crippen LogP contribution in [0, 0.1) is 0 Å². The molecule has 6 heteroatoms. The van der Waals surface area contributed by atoms with Gasteiger partial charge in [-0.3, -0.25) is 0 Å². The Morgan fingerprint density at radius 3 is 2.56 bits per heavy atom. The Hall–Kier alpha value is -1.34. The van der Waals surface area contributed by atoms with Crippen LogP contribution < -0.4 is 4.90 Å². The summed E-state index contributed by atoms with van der Waals surface area (Å²) in [5, 5.41) is 12.4. The minimum atomic E-state index is -0.444. The molecule has 0 saturated carbocycles. The van der Waals surface area contributed by atoms with Crippen molar-refractivity contribution in [2.45, 2.75) is 19.8 Å². The van der Waals surface area contributed by atoms with Crippen molar-refractivity contribution in [3.63, 3.8) is 0 Å². The van der Waals surface area contributed by atoms with Gasteiger partial charge < -0.3 is 19.6 Å². The van der Waals surface area contributed by atoms with Gasteiger partial charge in [0.15, 0.2) is 0 Å². The fourth-order valence-corrected chi connectivity index (χ4v) is 4.02. The van der Waals surface area contributed by atoms with E-state index in [-0.39, 0.29) is 0 Å². The van der Waals surface area contributed by atoms with E-state index in [0.717, 1.165) is 45.7 Å². The minimum Gasteiger partial charge on any atom is -0.437 e. The van der Waals surface area contributed by atoms with E-state index in [2.05, 4.69) is 63.4 Å². The number of likely N-dealkylation sites (N-methyl/N-ethyl adjacent to an activating group) is 1. The van der Waals surface area contributed by atoms with Gasteiger partial charge in [0, 0.05) is 43.3 Å². The van der Waals surface area contributed by atoms with Crippen LogP contribution >= 0.6 is 11.3 Å². The predicted octanol–water partition coefficient (Wildman–Crippen LogP) is 2.65. The molecule has 1 aromatic carbocycles. The molecule has 2 heterocycles. The van der Waals surface area contributed by atoms with E-state index in [4.69, 9.17) is 0 Å². The van der Waals surface area contributed by atoms with E-state index >= 15 is 0 Å². The van der Waals surface area contributed by atoms with Gasteiger partial charge in [0.05, 0.1) is 0 Å². The van der Waals surface area contributed by atoms with Gasteiger partial charge in [0.25, 0.3) is 0 Å². The quantitative estimate of drug-likeness (QED) is 0.772. The fourth-order valence-electron chi connectivity index (χ4n) is 3.33. The lowest BCUT2D eigenvalue weighted by Gasteiger charge is -2.36. The van der Waals surface area contributed by atoms with Crippen LogP contribution in [0.4, 0.5) is 5.69 Å². The molecule has 0 amide bonds. The summed E-state index contributed by atoms with van der Waals surface area (Å²) in [5.41, 5.74) is 2.62. The number of hydrogen-bond donors (Lipinski definition) is 1. The Bertz CT molecular complexity index is 642. The van der Waals surface area contributed by atoms with E-state index < -0.39 is 7.05 Å². The maximum Gasteiger partial charge on any atom is 0.376 e. The van der Waals surface area contributed by atoms with Crippen molar-refractivity contribution in [1.82, 2.24) is 9.71 Å². The summed E-state index contributed by atoms with van der Waals surface area (Å²) in [6, 6.07) is 12.9. The van der Waals surface area contributed by atoms with Gasteiger partial charge in [0.1, 0.15) is 0 Å². The number of anilines is 1. The number of thiophene rings is 1. The van der Waals surface area contributed by atoms with Crippen molar-refractivity contribution < 1.29 is 5.02 Å². The Balaban J connectivity index is 1.69. The molecule has 1 saturated heterocycles. The molecule has 1 aromatic heterocycles. The maximum atomic E-state index is 10.2. The third kappa shape index (κ3) is 5.08. The number of para-hydroxylation sites is 1. The molecule has 134 valence electrons. The molecule has 1 aliphatic heterocycles. The summed E-state index contributed by atoms with van der Waals surface area (Å²) < 4.78 is 0. The molecule has 0 spiro atoms. The zero-order valence-electron chi connectivity index (χ0n) is 15.3. The van der Waals surface area contributed by atoms with Crippen LogP contribution in [-0.4, -0.2) is 61.6 Å². The highest BCUT2D eigenvalue weighted by Gasteiger charge is 2.21. The van der Waals surface area contributed by atoms with Crippen LogP contribution in [0.15, 0.2) is 41.8 Å². The van der Waals surface area contributed by atoms with Crippen LogP contribution in [0.25, 0.3) is 0 Å². The molecule has 1 N–H and O–H groups in total. The number of nitrogens with zero attached hydrogens (tertiary/aromatic N) is 3. The topological polar surface area (TPSA) is 30.0 Å². The first-order chi connectivity index (χ1) is 12.1. The van der Waals surface area contributed by atoms with Gasteiger partial charge in [0.2, 0.25) is 0 Å². The van der Waals surface area contributed by atoms with Gasteiger partial charge in [-0.25, -0.2) is 0 Å². The van der Waals surface area contributed by atoms with Crippen molar-refractivity contribution in [2.75, 3.05) is 44.7 Å². The molecular formula is C19H28BN3OS. The molecule has 0 atom stereocenters.